The van der Waals surface area contributed by atoms with Crippen LogP contribution in [-0.2, 0) is 0 Å². The number of rotatable bonds is 5. The van der Waals surface area contributed by atoms with Gasteiger partial charge in [-0.25, -0.2) is 0 Å². The Labute approximate surface area is 111 Å². The van der Waals surface area contributed by atoms with Crippen molar-refractivity contribution in [3.8, 4) is 0 Å². The number of hydrogen-bond donors (Lipinski definition) is 1. The molecule has 1 aromatic carbocycles. The topological polar surface area (TPSA) is 29.3 Å². The summed E-state index contributed by atoms with van der Waals surface area (Å²) in [5.41, 5.74) is 7.60. The Morgan fingerprint density at radius 1 is 1.28 bits per heavy atom. The van der Waals surface area contributed by atoms with Gasteiger partial charge in [-0.05, 0) is 31.4 Å². The van der Waals surface area contributed by atoms with E-state index in [0.717, 1.165) is 12.6 Å². The van der Waals surface area contributed by atoms with Gasteiger partial charge < -0.3 is 5.73 Å². The van der Waals surface area contributed by atoms with E-state index in [9.17, 15) is 0 Å². The van der Waals surface area contributed by atoms with Gasteiger partial charge >= 0.3 is 0 Å². The molecule has 100 valence electrons. The van der Waals surface area contributed by atoms with Crippen molar-refractivity contribution < 1.29 is 0 Å². The lowest BCUT2D eigenvalue weighted by molar-refractivity contribution is 0.131. The molecule has 2 N–H and O–H groups in total. The number of piperidine rings is 1. The number of likely N-dealkylation sites (tertiary alicyclic amines) is 1. The minimum Gasteiger partial charge on any atom is -0.323 e. The summed E-state index contributed by atoms with van der Waals surface area (Å²) in [7, 11) is 0. The Bertz CT molecular complexity index is 334. The normalized spacial score (nSPS) is 22.9. The summed E-state index contributed by atoms with van der Waals surface area (Å²) in [6.45, 7) is 4.52. The van der Waals surface area contributed by atoms with Crippen molar-refractivity contribution in [1.82, 2.24) is 4.90 Å². The summed E-state index contributed by atoms with van der Waals surface area (Å²) < 4.78 is 0. The van der Waals surface area contributed by atoms with Crippen LogP contribution in [0, 0.1) is 0 Å². The van der Waals surface area contributed by atoms with Crippen molar-refractivity contribution in [2.45, 2.75) is 51.1 Å². The zero-order valence-electron chi connectivity index (χ0n) is 11.5. The fourth-order valence-electron chi connectivity index (χ4n) is 3.02. The Hall–Kier alpha value is -0.860. The lowest BCUT2D eigenvalue weighted by Crippen LogP contribution is -2.43. The van der Waals surface area contributed by atoms with Crippen molar-refractivity contribution in [2.75, 3.05) is 13.1 Å². The SMILES string of the molecule is CCCC1CCCCN1CC(N)c1ccccc1. The number of nitrogens with zero attached hydrogens (tertiary/aromatic N) is 1. The van der Waals surface area contributed by atoms with Gasteiger partial charge in [-0.15, -0.1) is 0 Å². The first kappa shape index (κ1) is 13.6. The van der Waals surface area contributed by atoms with Gasteiger partial charge in [0.05, 0.1) is 0 Å². The Morgan fingerprint density at radius 2 is 2.06 bits per heavy atom. The molecule has 2 heteroatoms. The highest BCUT2D eigenvalue weighted by Gasteiger charge is 2.23. The van der Waals surface area contributed by atoms with Crippen molar-refractivity contribution in [3.63, 3.8) is 0 Å². The van der Waals surface area contributed by atoms with Crippen molar-refractivity contribution in [3.05, 3.63) is 35.9 Å². The van der Waals surface area contributed by atoms with Gasteiger partial charge in [0.1, 0.15) is 0 Å². The Kier molecular flexibility index (Phi) is 5.21. The first-order valence-corrected chi connectivity index (χ1v) is 7.36. The summed E-state index contributed by atoms with van der Waals surface area (Å²) in [6.07, 6.45) is 6.68. The predicted octanol–water partition coefficient (Wildman–Crippen LogP) is 3.34. The van der Waals surface area contributed by atoms with Gasteiger partial charge in [-0.3, -0.25) is 4.90 Å². The summed E-state index contributed by atoms with van der Waals surface area (Å²) >= 11 is 0. The van der Waals surface area contributed by atoms with Crippen LogP contribution in [0.3, 0.4) is 0 Å². The predicted molar refractivity (Wildman–Crippen MR) is 77.5 cm³/mol. The first-order chi connectivity index (χ1) is 8.81. The average molecular weight is 246 g/mol. The van der Waals surface area contributed by atoms with E-state index in [0.29, 0.717) is 0 Å². The van der Waals surface area contributed by atoms with E-state index in [-0.39, 0.29) is 6.04 Å². The molecule has 2 unspecified atom stereocenters. The molecular weight excluding hydrogens is 220 g/mol. The molecule has 1 aliphatic rings. The second-order valence-electron chi connectivity index (χ2n) is 5.45. The number of benzene rings is 1. The molecule has 0 spiro atoms. The third-order valence-electron chi connectivity index (χ3n) is 4.03. The molecule has 18 heavy (non-hydrogen) atoms. The second-order valence-corrected chi connectivity index (χ2v) is 5.45. The van der Waals surface area contributed by atoms with E-state index in [1.54, 1.807) is 0 Å². The molecule has 0 aliphatic carbocycles. The van der Waals surface area contributed by atoms with E-state index >= 15 is 0 Å². The van der Waals surface area contributed by atoms with Crippen LogP contribution in [0.4, 0.5) is 0 Å². The largest absolute Gasteiger partial charge is 0.323 e. The van der Waals surface area contributed by atoms with Crippen molar-refractivity contribution >= 4 is 0 Å². The highest BCUT2D eigenvalue weighted by Crippen LogP contribution is 2.23. The number of nitrogens with two attached hydrogens (primary N) is 1. The molecule has 2 rings (SSSR count). The lowest BCUT2D eigenvalue weighted by Gasteiger charge is -2.37. The maximum atomic E-state index is 6.34. The maximum Gasteiger partial charge on any atom is 0.0424 e. The fourth-order valence-corrected chi connectivity index (χ4v) is 3.02. The molecule has 0 aromatic heterocycles. The lowest BCUT2D eigenvalue weighted by atomic mass is 9.96. The van der Waals surface area contributed by atoms with E-state index in [1.165, 1.54) is 44.2 Å². The molecule has 1 aromatic rings. The van der Waals surface area contributed by atoms with E-state index in [2.05, 4.69) is 42.2 Å². The Balaban J connectivity index is 1.94. The molecule has 0 saturated carbocycles. The third kappa shape index (κ3) is 3.56. The minimum absolute atomic E-state index is 0.156. The molecule has 0 amide bonds. The molecule has 0 radical (unpaired) electrons. The molecular formula is C16H26N2. The summed E-state index contributed by atoms with van der Waals surface area (Å²) in [4.78, 5) is 2.62. The second kappa shape index (κ2) is 6.91. The molecule has 1 heterocycles. The molecule has 1 fully saturated rings. The van der Waals surface area contributed by atoms with Gasteiger partial charge in [0.15, 0.2) is 0 Å². The van der Waals surface area contributed by atoms with Crippen LogP contribution in [0.2, 0.25) is 0 Å². The highest BCUT2D eigenvalue weighted by molar-refractivity contribution is 5.18. The van der Waals surface area contributed by atoms with Crippen LogP contribution in [-0.4, -0.2) is 24.0 Å². The van der Waals surface area contributed by atoms with Crippen LogP contribution >= 0.6 is 0 Å². The quantitative estimate of drug-likeness (QED) is 0.863. The van der Waals surface area contributed by atoms with Gasteiger partial charge in [0.25, 0.3) is 0 Å². The highest BCUT2D eigenvalue weighted by atomic mass is 15.2. The van der Waals surface area contributed by atoms with Crippen molar-refractivity contribution in [2.24, 2.45) is 5.73 Å². The zero-order chi connectivity index (χ0) is 12.8. The zero-order valence-corrected chi connectivity index (χ0v) is 11.5. The third-order valence-corrected chi connectivity index (χ3v) is 4.03. The fraction of sp³-hybridized carbons (Fsp3) is 0.625. The van der Waals surface area contributed by atoms with Gasteiger partial charge in [0, 0.05) is 18.6 Å². The van der Waals surface area contributed by atoms with E-state index < -0.39 is 0 Å². The van der Waals surface area contributed by atoms with Crippen LogP contribution in [0.25, 0.3) is 0 Å². The maximum absolute atomic E-state index is 6.34. The molecule has 2 nitrogen and oxygen atoms in total. The summed E-state index contributed by atoms with van der Waals surface area (Å²) in [5.74, 6) is 0. The number of hydrogen-bond acceptors (Lipinski definition) is 2. The van der Waals surface area contributed by atoms with E-state index in [1.807, 2.05) is 0 Å². The molecule has 1 aliphatic heterocycles. The standard InChI is InChI=1S/C16H26N2/c1-2-8-15-11-6-7-12-18(15)13-16(17)14-9-4-3-5-10-14/h3-5,9-10,15-16H,2,6-8,11-13,17H2,1H3. The smallest absolute Gasteiger partial charge is 0.0424 e. The minimum atomic E-state index is 0.156. The van der Waals surface area contributed by atoms with Crippen LogP contribution < -0.4 is 5.73 Å². The molecule has 0 bridgehead atoms. The van der Waals surface area contributed by atoms with Gasteiger partial charge in [-0.2, -0.15) is 0 Å². The van der Waals surface area contributed by atoms with Crippen LogP contribution in [0.5, 0.6) is 0 Å². The summed E-state index contributed by atoms with van der Waals surface area (Å²) in [5, 5.41) is 0. The summed E-state index contributed by atoms with van der Waals surface area (Å²) in [6, 6.07) is 11.4. The van der Waals surface area contributed by atoms with Gasteiger partial charge in [0.2, 0.25) is 0 Å². The van der Waals surface area contributed by atoms with Crippen LogP contribution in [0.1, 0.15) is 50.6 Å². The van der Waals surface area contributed by atoms with Crippen LogP contribution in [0.15, 0.2) is 30.3 Å². The Morgan fingerprint density at radius 3 is 2.78 bits per heavy atom. The first-order valence-electron chi connectivity index (χ1n) is 7.36. The molecule has 2 atom stereocenters. The monoisotopic (exact) mass is 246 g/mol. The van der Waals surface area contributed by atoms with E-state index in [4.69, 9.17) is 5.73 Å². The van der Waals surface area contributed by atoms with Gasteiger partial charge in [-0.1, -0.05) is 50.1 Å². The molecule has 1 saturated heterocycles. The van der Waals surface area contributed by atoms with Crippen molar-refractivity contribution in [1.29, 1.82) is 0 Å². The average Bonchev–Trinajstić information content (AvgIpc) is 2.42.